The highest BCUT2D eigenvalue weighted by atomic mass is 32.2. The summed E-state index contributed by atoms with van der Waals surface area (Å²) >= 11 is 0. The van der Waals surface area contributed by atoms with Crippen molar-refractivity contribution in [2.75, 3.05) is 26.5 Å². The van der Waals surface area contributed by atoms with Gasteiger partial charge in [0.2, 0.25) is 27.6 Å². The van der Waals surface area contributed by atoms with Crippen molar-refractivity contribution in [3.8, 4) is 17.1 Å². The molecule has 1 aliphatic heterocycles. The number of hydrogen-bond acceptors (Lipinski definition) is 7. The molecule has 0 spiro atoms. The maximum Gasteiger partial charge on any atom is 0.249 e. The SMILES string of the molecule is COc1ccc(-c2noc([C@H](C)NC(=O)C3CCN(S(C)(=O)=O)CC3)n2)cc1. The maximum absolute atomic E-state index is 12.5. The number of nitrogens with zero attached hydrogens (tertiary/aromatic N) is 3. The predicted molar refractivity (Wildman–Crippen MR) is 102 cm³/mol. The highest BCUT2D eigenvalue weighted by Crippen LogP contribution is 2.23. The maximum atomic E-state index is 12.5. The number of amides is 1. The van der Waals surface area contributed by atoms with E-state index in [1.54, 1.807) is 26.2 Å². The molecule has 152 valence electrons. The van der Waals surface area contributed by atoms with Gasteiger partial charge in [-0.05, 0) is 44.0 Å². The van der Waals surface area contributed by atoms with Crippen molar-refractivity contribution in [3.63, 3.8) is 0 Å². The zero-order valence-corrected chi connectivity index (χ0v) is 16.9. The van der Waals surface area contributed by atoms with Crippen LogP contribution in [0, 0.1) is 5.92 Å². The summed E-state index contributed by atoms with van der Waals surface area (Å²) in [6.45, 7) is 2.48. The van der Waals surface area contributed by atoms with Gasteiger partial charge in [0.05, 0.1) is 13.4 Å². The zero-order chi connectivity index (χ0) is 20.3. The van der Waals surface area contributed by atoms with E-state index in [1.165, 1.54) is 10.6 Å². The molecule has 1 fully saturated rings. The molecule has 0 radical (unpaired) electrons. The van der Waals surface area contributed by atoms with Crippen LogP contribution in [0.5, 0.6) is 5.75 Å². The van der Waals surface area contributed by atoms with E-state index in [-0.39, 0.29) is 11.8 Å². The molecule has 1 aromatic carbocycles. The van der Waals surface area contributed by atoms with Crippen LogP contribution in [0.2, 0.25) is 0 Å². The largest absolute Gasteiger partial charge is 0.497 e. The first-order valence-electron chi connectivity index (χ1n) is 9.01. The van der Waals surface area contributed by atoms with Crippen LogP contribution >= 0.6 is 0 Å². The number of sulfonamides is 1. The van der Waals surface area contributed by atoms with E-state index in [0.717, 1.165) is 11.3 Å². The molecule has 1 saturated heterocycles. The molecule has 1 N–H and O–H groups in total. The minimum atomic E-state index is -3.21. The third-order valence-corrected chi connectivity index (χ3v) is 6.12. The minimum Gasteiger partial charge on any atom is -0.497 e. The second kappa shape index (κ2) is 8.27. The van der Waals surface area contributed by atoms with E-state index in [9.17, 15) is 13.2 Å². The highest BCUT2D eigenvalue weighted by molar-refractivity contribution is 7.88. The van der Waals surface area contributed by atoms with Crippen LogP contribution in [0.4, 0.5) is 0 Å². The molecule has 1 atom stereocenters. The molecule has 0 bridgehead atoms. The van der Waals surface area contributed by atoms with E-state index < -0.39 is 16.1 Å². The Kier molecular flexibility index (Phi) is 5.99. The van der Waals surface area contributed by atoms with E-state index in [0.29, 0.717) is 37.6 Å². The Labute approximate surface area is 164 Å². The molecule has 1 aliphatic rings. The average Bonchev–Trinajstić information content (AvgIpc) is 3.18. The van der Waals surface area contributed by atoms with Gasteiger partial charge in [-0.25, -0.2) is 12.7 Å². The Morgan fingerprint density at radius 2 is 1.93 bits per heavy atom. The third-order valence-electron chi connectivity index (χ3n) is 4.81. The number of aromatic nitrogens is 2. The highest BCUT2D eigenvalue weighted by Gasteiger charge is 2.30. The normalized spacial score (nSPS) is 17.2. The number of piperidine rings is 1. The number of ether oxygens (including phenoxy) is 1. The monoisotopic (exact) mass is 408 g/mol. The first-order valence-corrected chi connectivity index (χ1v) is 10.9. The van der Waals surface area contributed by atoms with Crippen molar-refractivity contribution < 1.29 is 22.5 Å². The summed E-state index contributed by atoms with van der Waals surface area (Å²) in [7, 11) is -1.61. The summed E-state index contributed by atoms with van der Waals surface area (Å²) in [5.41, 5.74) is 0.780. The van der Waals surface area contributed by atoms with E-state index in [2.05, 4.69) is 15.5 Å². The van der Waals surface area contributed by atoms with Crippen molar-refractivity contribution in [1.29, 1.82) is 0 Å². The van der Waals surface area contributed by atoms with Gasteiger partial charge in [0.1, 0.15) is 11.8 Å². The fraction of sp³-hybridized carbons (Fsp3) is 0.500. The third kappa shape index (κ3) is 4.68. The molecular formula is C18H24N4O5S. The van der Waals surface area contributed by atoms with Gasteiger partial charge in [0.25, 0.3) is 0 Å². The summed E-state index contributed by atoms with van der Waals surface area (Å²) < 4.78 is 35.0. The molecular weight excluding hydrogens is 384 g/mol. The molecule has 28 heavy (non-hydrogen) atoms. The Morgan fingerprint density at radius 3 is 2.50 bits per heavy atom. The lowest BCUT2D eigenvalue weighted by molar-refractivity contribution is -0.126. The second-order valence-electron chi connectivity index (χ2n) is 6.85. The molecule has 2 aromatic rings. The quantitative estimate of drug-likeness (QED) is 0.772. The van der Waals surface area contributed by atoms with Crippen LogP contribution in [-0.2, 0) is 14.8 Å². The lowest BCUT2D eigenvalue weighted by atomic mass is 9.97. The predicted octanol–water partition coefficient (Wildman–Crippen LogP) is 1.59. The molecule has 1 amide bonds. The fourth-order valence-corrected chi connectivity index (χ4v) is 3.99. The summed E-state index contributed by atoms with van der Waals surface area (Å²) in [4.78, 5) is 16.9. The van der Waals surface area contributed by atoms with E-state index >= 15 is 0 Å². The van der Waals surface area contributed by atoms with Crippen molar-refractivity contribution >= 4 is 15.9 Å². The molecule has 9 nitrogen and oxygen atoms in total. The van der Waals surface area contributed by atoms with Gasteiger partial charge in [-0.2, -0.15) is 4.98 Å². The van der Waals surface area contributed by atoms with Crippen LogP contribution < -0.4 is 10.1 Å². The molecule has 10 heteroatoms. The van der Waals surface area contributed by atoms with Crippen molar-refractivity contribution in [2.45, 2.75) is 25.8 Å². The van der Waals surface area contributed by atoms with Crippen LogP contribution in [0.3, 0.4) is 0 Å². The number of methoxy groups -OCH3 is 1. The molecule has 2 heterocycles. The summed E-state index contributed by atoms with van der Waals surface area (Å²) in [6, 6.07) is 6.82. The molecule has 0 saturated carbocycles. The number of carbonyl (C=O) groups excluding carboxylic acids is 1. The summed E-state index contributed by atoms with van der Waals surface area (Å²) in [5.74, 6) is 1.11. The van der Waals surface area contributed by atoms with Crippen molar-refractivity contribution in [3.05, 3.63) is 30.2 Å². The topological polar surface area (TPSA) is 115 Å². The lowest BCUT2D eigenvalue weighted by Gasteiger charge is -2.29. The van der Waals surface area contributed by atoms with Crippen LogP contribution in [0.25, 0.3) is 11.4 Å². The van der Waals surface area contributed by atoms with Gasteiger partial charge in [0.15, 0.2) is 0 Å². The Balaban J connectivity index is 1.58. The zero-order valence-electron chi connectivity index (χ0n) is 16.1. The lowest BCUT2D eigenvalue weighted by Crippen LogP contribution is -2.43. The second-order valence-corrected chi connectivity index (χ2v) is 8.83. The van der Waals surface area contributed by atoms with Crippen molar-refractivity contribution in [1.82, 2.24) is 19.8 Å². The van der Waals surface area contributed by atoms with Crippen LogP contribution in [-0.4, -0.2) is 55.2 Å². The van der Waals surface area contributed by atoms with Crippen LogP contribution in [0.1, 0.15) is 31.7 Å². The number of rotatable bonds is 6. The molecule has 1 aromatic heterocycles. The number of benzene rings is 1. The number of carbonyl (C=O) groups is 1. The van der Waals surface area contributed by atoms with Crippen molar-refractivity contribution in [2.24, 2.45) is 5.92 Å². The molecule has 0 unspecified atom stereocenters. The van der Waals surface area contributed by atoms with E-state index in [4.69, 9.17) is 9.26 Å². The fourth-order valence-electron chi connectivity index (χ4n) is 3.11. The Hall–Kier alpha value is -2.46. The Morgan fingerprint density at radius 1 is 1.29 bits per heavy atom. The summed E-state index contributed by atoms with van der Waals surface area (Å²) in [6.07, 6.45) is 2.17. The molecule has 0 aliphatic carbocycles. The van der Waals surface area contributed by atoms with Gasteiger partial charge in [-0.15, -0.1) is 0 Å². The van der Waals surface area contributed by atoms with Crippen LogP contribution in [0.15, 0.2) is 28.8 Å². The number of hydrogen-bond donors (Lipinski definition) is 1. The summed E-state index contributed by atoms with van der Waals surface area (Å²) in [5, 5.41) is 6.85. The first kappa shape index (κ1) is 20.3. The van der Waals surface area contributed by atoms with Gasteiger partial charge >= 0.3 is 0 Å². The Bertz CT molecular complexity index is 918. The smallest absolute Gasteiger partial charge is 0.249 e. The number of nitrogens with one attached hydrogen (secondary N) is 1. The van der Waals surface area contributed by atoms with Gasteiger partial charge in [0, 0.05) is 24.6 Å². The van der Waals surface area contributed by atoms with E-state index in [1.807, 2.05) is 12.1 Å². The molecule has 3 rings (SSSR count). The van der Waals surface area contributed by atoms with Gasteiger partial charge in [-0.1, -0.05) is 5.16 Å². The average molecular weight is 408 g/mol. The standard InChI is InChI=1S/C18H24N4O5S/c1-12(19-17(23)14-8-10-22(11-9-14)28(3,24)25)18-20-16(21-27-18)13-4-6-15(26-2)7-5-13/h4-7,12,14H,8-11H2,1-3H3,(H,19,23)/t12-/m0/s1. The van der Waals surface area contributed by atoms with Gasteiger partial charge in [-0.3, -0.25) is 4.79 Å². The van der Waals surface area contributed by atoms with Gasteiger partial charge < -0.3 is 14.6 Å². The minimum absolute atomic E-state index is 0.134. The first-order chi connectivity index (χ1) is 13.3.